The van der Waals surface area contributed by atoms with Gasteiger partial charge < -0.3 is 14.4 Å². The Kier molecular flexibility index (Phi) is 11.3. The molecule has 0 unspecified atom stereocenters. The van der Waals surface area contributed by atoms with Crippen LogP contribution in [-0.2, 0) is 11.3 Å². The normalized spacial score (nSPS) is 10.9. The van der Waals surface area contributed by atoms with E-state index >= 15 is 0 Å². The molecule has 176 valence electrons. The van der Waals surface area contributed by atoms with Gasteiger partial charge in [-0.2, -0.15) is 0 Å². The second-order valence-electron chi connectivity index (χ2n) is 8.05. The number of hydrogen-bond donors (Lipinski definition) is 1. The quantitative estimate of drug-likeness (QED) is 0.441. The third-order valence-electron chi connectivity index (χ3n) is 4.83. The van der Waals surface area contributed by atoms with Crippen molar-refractivity contribution in [2.75, 3.05) is 39.2 Å². The van der Waals surface area contributed by atoms with Crippen LogP contribution in [0.2, 0.25) is 0 Å². The van der Waals surface area contributed by atoms with E-state index in [1.807, 2.05) is 26.2 Å². The first-order chi connectivity index (χ1) is 15.5. The first-order valence-electron chi connectivity index (χ1n) is 11.4. The maximum absolute atomic E-state index is 12.2. The van der Waals surface area contributed by atoms with Gasteiger partial charge in [0.25, 0.3) is 5.56 Å². The Hall–Kier alpha value is -2.87. The van der Waals surface area contributed by atoms with E-state index in [1.54, 1.807) is 18.2 Å². The Morgan fingerprint density at radius 2 is 1.88 bits per heavy atom. The molecule has 0 aliphatic rings. The fraction of sp³-hybridized carbons (Fsp3) is 0.542. The van der Waals surface area contributed by atoms with Gasteiger partial charge in [0.1, 0.15) is 0 Å². The number of nitrogens with zero attached hydrogens (tertiary/aromatic N) is 3. The summed E-state index contributed by atoms with van der Waals surface area (Å²) in [5.41, 5.74) is 1.24. The summed E-state index contributed by atoms with van der Waals surface area (Å²) in [5.74, 6) is 0.438. The minimum Gasteiger partial charge on any atom is -0.477 e. The highest BCUT2D eigenvalue weighted by molar-refractivity contribution is 5.84. The van der Waals surface area contributed by atoms with Crippen LogP contribution in [0.25, 0.3) is 0 Å². The fourth-order valence-corrected chi connectivity index (χ4v) is 3.10. The Balaban J connectivity index is 1.87. The van der Waals surface area contributed by atoms with E-state index in [4.69, 9.17) is 9.47 Å². The van der Waals surface area contributed by atoms with Crippen molar-refractivity contribution in [1.29, 1.82) is 0 Å². The van der Waals surface area contributed by atoms with Gasteiger partial charge in [-0.25, -0.2) is 9.48 Å². The van der Waals surface area contributed by atoms with E-state index in [9.17, 15) is 9.59 Å². The predicted octanol–water partition coefficient (Wildman–Crippen LogP) is 4.14. The molecule has 0 aliphatic heterocycles. The minimum absolute atomic E-state index is 0.209. The second-order valence-corrected chi connectivity index (χ2v) is 8.05. The van der Waals surface area contributed by atoms with Gasteiger partial charge in [-0.3, -0.25) is 10.1 Å². The van der Waals surface area contributed by atoms with E-state index in [2.05, 4.69) is 22.2 Å². The Morgan fingerprint density at radius 3 is 2.66 bits per heavy atom. The topological polar surface area (TPSA) is 85.7 Å². The van der Waals surface area contributed by atoms with Crippen molar-refractivity contribution >= 4 is 11.8 Å². The van der Waals surface area contributed by atoms with Gasteiger partial charge in [-0.05, 0) is 57.6 Å². The predicted molar refractivity (Wildman–Crippen MR) is 126 cm³/mol. The van der Waals surface area contributed by atoms with E-state index in [1.165, 1.54) is 23.6 Å². The number of carbonyl (C=O) groups excluding carboxylic acids is 1. The molecule has 1 aromatic heterocycles. The highest BCUT2D eigenvalue weighted by Gasteiger charge is 2.07. The Bertz CT molecular complexity index is 882. The Labute approximate surface area is 190 Å². The molecule has 0 fully saturated rings. The summed E-state index contributed by atoms with van der Waals surface area (Å²) < 4.78 is 12.3. The molecule has 0 atom stereocenters. The van der Waals surface area contributed by atoms with Crippen molar-refractivity contribution in [2.45, 2.75) is 52.0 Å². The average Bonchev–Trinajstić information content (AvgIpc) is 2.75. The SMILES string of the molecule is CCCCCCOc1ccc(=O)n(Cc2cccc(NC(=O)OCCCCN(C)C)c2)n1. The summed E-state index contributed by atoms with van der Waals surface area (Å²) in [7, 11) is 4.03. The molecular weight excluding hydrogens is 408 g/mol. The van der Waals surface area contributed by atoms with Crippen LogP contribution in [0.1, 0.15) is 51.0 Å². The third-order valence-corrected chi connectivity index (χ3v) is 4.83. The lowest BCUT2D eigenvalue weighted by atomic mass is 10.2. The lowest BCUT2D eigenvalue weighted by Gasteiger charge is -2.11. The van der Waals surface area contributed by atoms with Crippen LogP contribution in [0.5, 0.6) is 5.88 Å². The molecule has 2 aromatic rings. The molecule has 2 rings (SSSR count). The molecule has 0 radical (unpaired) electrons. The van der Waals surface area contributed by atoms with Crippen LogP contribution in [0.3, 0.4) is 0 Å². The summed E-state index contributed by atoms with van der Waals surface area (Å²) in [4.78, 5) is 26.3. The summed E-state index contributed by atoms with van der Waals surface area (Å²) in [6, 6.07) is 10.4. The number of aromatic nitrogens is 2. The van der Waals surface area contributed by atoms with Crippen molar-refractivity contribution in [2.24, 2.45) is 0 Å². The van der Waals surface area contributed by atoms with Crippen LogP contribution >= 0.6 is 0 Å². The standard InChI is InChI=1S/C24H36N4O4/c1-4-5-6-8-16-31-22-13-14-23(29)28(26-22)19-20-11-10-12-21(18-20)25-24(30)32-17-9-7-15-27(2)3/h10-14,18H,4-9,15-17,19H2,1-3H3,(H,25,30). The zero-order valence-electron chi connectivity index (χ0n) is 19.5. The van der Waals surface area contributed by atoms with Crippen LogP contribution < -0.4 is 15.6 Å². The molecule has 0 bridgehead atoms. The number of benzene rings is 1. The summed E-state index contributed by atoms with van der Waals surface area (Å²) in [5, 5.41) is 7.05. The van der Waals surface area contributed by atoms with Crippen LogP contribution in [0.15, 0.2) is 41.2 Å². The molecule has 1 aromatic carbocycles. The first-order valence-corrected chi connectivity index (χ1v) is 11.4. The number of rotatable bonds is 14. The van der Waals surface area contributed by atoms with Crippen molar-refractivity contribution in [3.05, 3.63) is 52.3 Å². The van der Waals surface area contributed by atoms with Gasteiger partial charge in [-0.15, -0.1) is 5.10 Å². The summed E-state index contributed by atoms with van der Waals surface area (Å²) >= 11 is 0. The highest BCUT2D eigenvalue weighted by Crippen LogP contribution is 2.13. The number of nitrogens with one attached hydrogen (secondary N) is 1. The Morgan fingerprint density at radius 1 is 1.06 bits per heavy atom. The second kappa shape index (κ2) is 14.2. The van der Waals surface area contributed by atoms with E-state index in [0.29, 0.717) is 24.8 Å². The van der Waals surface area contributed by atoms with Crippen molar-refractivity contribution in [1.82, 2.24) is 14.7 Å². The van der Waals surface area contributed by atoms with Gasteiger partial charge in [0.15, 0.2) is 0 Å². The number of unbranched alkanes of at least 4 members (excludes halogenated alkanes) is 4. The molecule has 1 heterocycles. The molecule has 0 saturated carbocycles. The summed E-state index contributed by atoms with van der Waals surface area (Å²) in [6.07, 6.45) is 5.75. The number of amides is 1. The van der Waals surface area contributed by atoms with Gasteiger partial charge in [0.05, 0.1) is 19.8 Å². The maximum atomic E-state index is 12.2. The largest absolute Gasteiger partial charge is 0.477 e. The molecule has 1 amide bonds. The van der Waals surface area contributed by atoms with Gasteiger partial charge in [0, 0.05) is 17.8 Å². The molecule has 1 N–H and O–H groups in total. The van der Waals surface area contributed by atoms with E-state index < -0.39 is 6.09 Å². The maximum Gasteiger partial charge on any atom is 0.411 e. The fourth-order valence-electron chi connectivity index (χ4n) is 3.10. The number of hydrogen-bond acceptors (Lipinski definition) is 6. The van der Waals surface area contributed by atoms with Crippen molar-refractivity contribution in [3.8, 4) is 5.88 Å². The van der Waals surface area contributed by atoms with Crippen LogP contribution in [0, 0.1) is 0 Å². The minimum atomic E-state index is -0.485. The average molecular weight is 445 g/mol. The number of carbonyl (C=O) groups is 1. The zero-order valence-corrected chi connectivity index (χ0v) is 19.5. The smallest absolute Gasteiger partial charge is 0.411 e. The number of ether oxygens (including phenoxy) is 2. The lowest BCUT2D eigenvalue weighted by Crippen LogP contribution is -2.23. The van der Waals surface area contributed by atoms with Crippen LogP contribution in [0.4, 0.5) is 10.5 Å². The first kappa shape index (κ1) is 25.4. The highest BCUT2D eigenvalue weighted by atomic mass is 16.5. The van der Waals surface area contributed by atoms with Crippen molar-refractivity contribution in [3.63, 3.8) is 0 Å². The molecule has 32 heavy (non-hydrogen) atoms. The van der Waals surface area contributed by atoms with E-state index in [0.717, 1.165) is 37.8 Å². The molecule has 8 heteroatoms. The van der Waals surface area contributed by atoms with Crippen molar-refractivity contribution < 1.29 is 14.3 Å². The number of anilines is 1. The monoisotopic (exact) mass is 444 g/mol. The lowest BCUT2D eigenvalue weighted by molar-refractivity contribution is 0.158. The molecule has 0 aliphatic carbocycles. The van der Waals surface area contributed by atoms with Gasteiger partial charge in [-0.1, -0.05) is 38.3 Å². The molecule has 8 nitrogen and oxygen atoms in total. The van der Waals surface area contributed by atoms with Gasteiger partial charge >= 0.3 is 6.09 Å². The van der Waals surface area contributed by atoms with Gasteiger partial charge in [0.2, 0.25) is 5.88 Å². The molecule has 0 saturated heterocycles. The third kappa shape index (κ3) is 9.96. The van der Waals surface area contributed by atoms with Crippen LogP contribution in [-0.4, -0.2) is 54.6 Å². The zero-order chi connectivity index (χ0) is 23.2. The molecular formula is C24H36N4O4. The summed E-state index contributed by atoms with van der Waals surface area (Å²) in [6.45, 7) is 4.37. The molecule has 0 spiro atoms. The van der Waals surface area contributed by atoms with E-state index in [-0.39, 0.29) is 12.1 Å².